The van der Waals surface area contributed by atoms with Gasteiger partial charge in [-0.25, -0.2) is 0 Å². The predicted octanol–water partition coefficient (Wildman–Crippen LogP) is 3.79. The molecule has 0 bridgehead atoms. The van der Waals surface area contributed by atoms with E-state index in [0.717, 1.165) is 22.4 Å². The lowest BCUT2D eigenvalue weighted by Crippen LogP contribution is -2.21. The molecule has 0 amide bonds. The van der Waals surface area contributed by atoms with E-state index in [4.69, 9.17) is 0 Å². The topological polar surface area (TPSA) is 61.8 Å². The molecule has 0 heterocycles. The number of rotatable bonds is 6. The molecule has 0 radical (unpaired) electrons. The van der Waals surface area contributed by atoms with Crippen LogP contribution in [-0.4, -0.2) is 28.2 Å². The van der Waals surface area contributed by atoms with Gasteiger partial charge in [0.2, 0.25) is 0 Å². The van der Waals surface area contributed by atoms with Crippen molar-refractivity contribution in [1.29, 1.82) is 0 Å². The molecule has 0 aliphatic rings. The number of hydrazone groups is 1. The quantitative estimate of drug-likeness (QED) is 0.512. The van der Waals surface area contributed by atoms with E-state index in [9.17, 15) is 8.42 Å². The van der Waals surface area contributed by atoms with Crippen molar-refractivity contribution in [2.45, 2.75) is 11.8 Å². The van der Waals surface area contributed by atoms with E-state index in [0.29, 0.717) is 5.71 Å². The van der Waals surface area contributed by atoms with Crippen LogP contribution >= 0.6 is 0 Å². The molecule has 28 heavy (non-hydrogen) atoms. The van der Waals surface area contributed by atoms with E-state index in [2.05, 4.69) is 9.93 Å². The lowest BCUT2D eigenvalue weighted by Gasteiger charge is -2.14. The molecule has 5 nitrogen and oxygen atoms in total. The maximum absolute atomic E-state index is 12.6. The van der Waals surface area contributed by atoms with Crippen molar-refractivity contribution in [2.24, 2.45) is 5.10 Å². The Morgan fingerprint density at radius 3 is 1.96 bits per heavy atom. The summed E-state index contributed by atoms with van der Waals surface area (Å²) in [6, 6.07) is 24.0. The summed E-state index contributed by atoms with van der Waals surface area (Å²) in [7, 11) is 0.183. The molecule has 0 saturated carbocycles. The Hall–Kier alpha value is -3.12. The van der Waals surface area contributed by atoms with Crippen LogP contribution in [0, 0.1) is 6.92 Å². The monoisotopic (exact) mass is 393 g/mol. The Bertz CT molecular complexity index is 1060. The fourth-order valence-corrected chi connectivity index (χ4v) is 3.50. The molecule has 0 saturated heterocycles. The largest absolute Gasteiger partial charge is 0.378 e. The van der Waals surface area contributed by atoms with Crippen molar-refractivity contribution in [3.05, 3.63) is 95.6 Å². The van der Waals surface area contributed by atoms with Gasteiger partial charge in [-0.15, -0.1) is 0 Å². The summed E-state index contributed by atoms with van der Waals surface area (Å²) in [5.74, 6) is 0. The minimum atomic E-state index is -3.76. The van der Waals surface area contributed by atoms with Crippen LogP contribution < -0.4 is 9.73 Å². The molecule has 144 valence electrons. The van der Waals surface area contributed by atoms with E-state index in [-0.39, 0.29) is 4.90 Å². The number of sulfonamides is 1. The summed E-state index contributed by atoms with van der Waals surface area (Å²) >= 11 is 0. The number of hydrogen-bond donors (Lipinski definition) is 1. The second kappa shape index (κ2) is 8.27. The molecule has 0 aliphatic heterocycles. The summed E-state index contributed by atoms with van der Waals surface area (Å²) in [5.41, 5.74) is 4.25. The van der Waals surface area contributed by atoms with Crippen molar-refractivity contribution in [1.82, 2.24) is 4.83 Å². The first-order chi connectivity index (χ1) is 13.4. The Morgan fingerprint density at radius 1 is 0.821 bits per heavy atom. The highest BCUT2D eigenvalue weighted by atomic mass is 32.2. The third-order valence-corrected chi connectivity index (χ3v) is 5.54. The maximum atomic E-state index is 12.6. The van der Waals surface area contributed by atoms with Gasteiger partial charge in [-0.3, -0.25) is 0 Å². The highest BCUT2D eigenvalue weighted by Crippen LogP contribution is 2.17. The fraction of sp³-hybridized carbons (Fsp3) is 0.136. The molecular formula is C22H23N3O2S. The summed E-state index contributed by atoms with van der Waals surface area (Å²) in [5, 5.41) is 4.27. The minimum absolute atomic E-state index is 0.178. The van der Waals surface area contributed by atoms with E-state index >= 15 is 0 Å². The highest BCUT2D eigenvalue weighted by molar-refractivity contribution is 7.89. The van der Waals surface area contributed by atoms with Gasteiger partial charge in [0.05, 0.1) is 10.6 Å². The molecule has 3 aromatic rings. The number of hydrogen-bond acceptors (Lipinski definition) is 4. The zero-order chi connectivity index (χ0) is 20.1. The minimum Gasteiger partial charge on any atom is -0.378 e. The molecule has 0 unspecified atom stereocenters. The van der Waals surface area contributed by atoms with Gasteiger partial charge in [0, 0.05) is 30.9 Å². The van der Waals surface area contributed by atoms with Crippen molar-refractivity contribution in [3.8, 4) is 0 Å². The molecular weight excluding hydrogens is 370 g/mol. The molecule has 3 aromatic carbocycles. The SMILES string of the molecule is Cc1ccc(S(=O)(=O)NN=C(c2ccccc2)c2ccc(N(C)C)cc2)cc1. The lowest BCUT2D eigenvalue weighted by molar-refractivity contribution is 0.584. The van der Waals surface area contributed by atoms with Gasteiger partial charge >= 0.3 is 0 Å². The number of aryl methyl sites for hydroxylation is 1. The van der Waals surface area contributed by atoms with Gasteiger partial charge in [0.25, 0.3) is 10.0 Å². The molecule has 6 heteroatoms. The van der Waals surface area contributed by atoms with Crippen LogP contribution in [-0.2, 0) is 10.0 Å². The number of anilines is 1. The highest BCUT2D eigenvalue weighted by Gasteiger charge is 2.14. The third kappa shape index (κ3) is 4.58. The molecule has 0 atom stereocenters. The van der Waals surface area contributed by atoms with Crippen LogP contribution in [0.1, 0.15) is 16.7 Å². The normalized spacial score (nSPS) is 11.9. The van der Waals surface area contributed by atoms with Gasteiger partial charge in [-0.2, -0.15) is 18.4 Å². The summed E-state index contributed by atoms with van der Waals surface area (Å²) in [6.45, 7) is 1.91. The van der Waals surface area contributed by atoms with E-state index in [1.807, 2.05) is 80.5 Å². The van der Waals surface area contributed by atoms with Gasteiger partial charge < -0.3 is 4.90 Å². The van der Waals surface area contributed by atoms with E-state index in [1.165, 1.54) is 0 Å². The molecule has 1 N–H and O–H groups in total. The van der Waals surface area contributed by atoms with Gasteiger partial charge in [-0.05, 0) is 31.2 Å². The summed E-state index contributed by atoms with van der Waals surface area (Å²) in [6.07, 6.45) is 0. The fourth-order valence-electron chi connectivity index (χ4n) is 2.69. The first kappa shape index (κ1) is 19.6. The van der Waals surface area contributed by atoms with Crippen molar-refractivity contribution in [2.75, 3.05) is 19.0 Å². The Kier molecular flexibility index (Phi) is 5.80. The Balaban J connectivity index is 1.98. The molecule has 0 fully saturated rings. The van der Waals surface area contributed by atoms with Crippen LogP contribution in [0.15, 0.2) is 88.9 Å². The van der Waals surface area contributed by atoms with Gasteiger partial charge in [0.1, 0.15) is 0 Å². The zero-order valence-corrected chi connectivity index (χ0v) is 16.9. The number of nitrogens with one attached hydrogen (secondary N) is 1. The summed E-state index contributed by atoms with van der Waals surface area (Å²) < 4.78 is 25.3. The molecule has 0 aliphatic carbocycles. The predicted molar refractivity (Wildman–Crippen MR) is 114 cm³/mol. The molecule has 0 aromatic heterocycles. The van der Waals surface area contributed by atoms with Gasteiger partial charge in [0.15, 0.2) is 0 Å². The maximum Gasteiger partial charge on any atom is 0.276 e. The van der Waals surface area contributed by atoms with Crippen LogP contribution in [0.3, 0.4) is 0 Å². The number of benzene rings is 3. The van der Waals surface area contributed by atoms with Crippen molar-refractivity contribution >= 4 is 21.4 Å². The molecule has 3 rings (SSSR count). The third-order valence-electron chi connectivity index (χ3n) is 4.31. The average molecular weight is 394 g/mol. The summed E-state index contributed by atoms with van der Waals surface area (Å²) in [4.78, 5) is 4.56. The van der Waals surface area contributed by atoms with Crippen LogP contribution in [0.4, 0.5) is 5.69 Å². The second-order valence-corrected chi connectivity index (χ2v) is 8.34. The van der Waals surface area contributed by atoms with Gasteiger partial charge in [-0.1, -0.05) is 60.2 Å². The zero-order valence-electron chi connectivity index (χ0n) is 16.1. The first-order valence-corrected chi connectivity index (χ1v) is 10.3. The first-order valence-electron chi connectivity index (χ1n) is 8.86. The van der Waals surface area contributed by atoms with E-state index < -0.39 is 10.0 Å². The standard InChI is InChI=1S/C22H23N3O2S/c1-17-9-15-21(16-10-17)28(26,27)24-23-22(18-7-5-4-6-8-18)19-11-13-20(14-12-19)25(2)3/h4-16,24H,1-3H3. The van der Waals surface area contributed by atoms with E-state index in [1.54, 1.807) is 24.3 Å². The van der Waals surface area contributed by atoms with Crippen LogP contribution in [0.5, 0.6) is 0 Å². The molecule has 0 spiro atoms. The van der Waals surface area contributed by atoms with Crippen molar-refractivity contribution in [3.63, 3.8) is 0 Å². The smallest absolute Gasteiger partial charge is 0.276 e. The van der Waals surface area contributed by atoms with Crippen LogP contribution in [0.2, 0.25) is 0 Å². The number of nitrogens with zero attached hydrogens (tertiary/aromatic N) is 2. The lowest BCUT2D eigenvalue weighted by atomic mass is 10.0. The second-order valence-electron chi connectivity index (χ2n) is 6.68. The Morgan fingerprint density at radius 2 is 1.39 bits per heavy atom. The van der Waals surface area contributed by atoms with Crippen LogP contribution in [0.25, 0.3) is 0 Å². The van der Waals surface area contributed by atoms with Crippen molar-refractivity contribution < 1.29 is 8.42 Å². The average Bonchev–Trinajstić information content (AvgIpc) is 2.69. The Labute approximate surface area is 166 Å².